The van der Waals surface area contributed by atoms with Crippen LogP contribution in [0.25, 0.3) is 10.9 Å². The maximum absolute atomic E-state index is 12.7. The van der Waals surface area contributed by atoms with Crippen molar-refractivity contribution in [2.75, 3.05) is 25.2 Å². The maximum atomic E-state index is 12.7. The van der Waals surface area contributed by atoms with Gasteiger partial charge in [0.1, 0.15) is 12.3 Å². The first-order valence-corrected chi connectivity index (χ1v) is 11.2. The van der Waals surface area contributed by atoms with E-state index >= 15 is 0 Å². The van der Waals surface area contributed by atoms with E-state index in [1.807, 2.05) is 53.2 Å². The molecule has 1 aromatic heterocycles. The van der Waals surface area contributed by atoms with Gasteiger partial charge in [0.15, 0.2) is 0 Å². The van der Waals surface area contributed by atoms with Crippen LogP contribution in [0.3, 0.4) is 0 Å². The third-order valence-electron chi connectivity index (χ3n) is 5.27. The van der Waals surface area contributed by atoms with Crippen LogP contribution < -0.4 is 10.1 Å². The number of hydrogen-bond donors (Lipinski definition) is 1. The molecule has 0 aliphatic carbocycles. The summed E-state index contributed by atoms with van der Waals surface area (Å²) in [6.07, 6.45) is 3.68. The molecule has 2 aromatic carbocycles. The van der Waals surface area contributed by atoms with E-state index in [1.54, 1.807) is 7.11 Å². The molecule has 4 rings (SSSR count). The molecule has 0 saturated carbocycles. The number of carbonyl (C=O) groups is 1. The number of carbonyl (C=O) groups excluding carboxylic acids is 1. The Hall–Kier alpha value is -2.84. The highest BCUT2D eigenvalue weighted by molar-refractivity contribution is 7.88. The summed E-state index contributed by atoms with van der Waals surface area (Å²) in [6, 6.07) is 13.3. The molecule has 0 fully saturated rings. The lowest BCUT2D eigenvalue weighted by Gasteiger charge is -2.28. The van der Waals surface area contributed by atoms with Crippen LogP contribution in [-0.2, 0) is 34.3 Å². The minimum atomic E-state index is -3.23. The standard InChI is InChI=1S/C21H23N3O4S/c1-28-17-6-7-20-15(12-17)8-10-23(20)14-21(25)22-19-5-3-4-16-13-24(29(2,26)27)11-9-18(16)19/h3-8,10,12H,9,11,13-14H2,1-2H3,(H,22,25). The van der Waals surface area contributed by atoms with Gasteiger partial charge < -0.3 is 14.6 Å². The molecule has 1 aliphatic rings. The lowest BCUT2D eigenvalue weighted by atomic mass is 9.99. The molecule has 2 heterocycles. The number of sulfonamides is 1. The number of nitrogens with one attached hydrogen (secondary N) is 1. The van der Waals surface area contributed by atoms with E-state index in [0.717, 1.165) is 33.5 Å². The Bertz CT molecular complexity index is 1180. The van der Waals surface area contributed by atoms with Crippen LogP contribution in [-0.4, -0.2) is 43.1 Å². The SMILES string of the molecule is COc1ccc2c(ccn2CC(=O)Nc2cccc3c2CCN(S(C)(=O)=O)C3)c1. The largest absolute Gasteiger partial charge is 0.497 e. The second-order valence-electron chi connectivity index (χ2n) is 7.21. The number of hydrogen-bond acceptors (Lipinski definition) is 4. The van der Waals surface area contributed by atoms with Gasteiger partial charge in [0, 0.05) is 35.9 Å². The van der Waals surface area contributed by atoms with Gasteiger partial charge in [-0.25, -0.2) is 8.42 Å². The monoisotopic (exact) mass is 413 g/mol. The molecule has 1 N–H and O–H groups in total. The molecule has 1 amide bonds. The van der Waals surface area contributed by atoms with Gasteiger partial charge >= 0.3 is 0 Å². The van der Waals surface area contributed by atoms with Crippen molar-refractivity contribution in [3.8, 4) is 5.75 Å². The summed E-state index contributed by atoms with van der Waals surface area (Å²) in [6.45, 7) is 0.944. The van der Waals surface area contributed by atoms with E-state index in [-0.39, 0.29) is 12.5 Å². The predicted molar refractivity (Wildman–Crippen MR) is 113 cm³/mol. The first-order chi connectivity index (χ1) is 13.8. The third kappa shape index (κ3) is 3.99. The van der Waals surface area contributed by atoms with Gasteiger partial charge in [-0.15, -0.1) is 0 Å². The van der Waals surface area contributed by atoms with Gasteiger partial charge in [-0.05, 0) is 47.9 Å². The molecule has 0 bridgehead atoms. The van der Waals surface area contributed by atoms with Crippen molar-refractivity contribution < 1.29 is 17.9 Å². The summed E-state index contributed by atoms with van der Waals surface area (Å²) in [5.74, 6) is 0.649. The number of nitrogens with zero attached hydrogens (tertiary/aromatic N) is 2. The molecule has 0 saturated heterocycles. The molecule has 29 heavy (non-hydrogen) atoms. The lowest BCUT2D eigenvalue weighted by molar-refractivity contribution is -0.116. The molecule has 152 valence electrons. The summed E-state index contributed by atoms with van der Waals surface area (Å²) in [5.41, 5.74) is 3.64. The molecule has 0 unspecified atom stereocenters. The number of benzene rings is 2. The number of methoxy groups -OCH3 is 1. The quantitative estimate of drug-likeness (QED) is 0.697. The number of aromatic nitrogens is 1. The van der Waals surface area contributed by atoms with Gasteiger partial charge in [-0.2, -0.15) is 4.31 Å². The number of ether oxygens (including phenoxy) is 1. The Kier molecular flexibility index (Phi) is 5.06. The Balaban J connectivity index is 1.51. The Labute approximate surface area is 169 Å². The topological polar surface area (TPSA) is 80.6 Å². The fourth-order valence-corrected chi connectivity index (χ4v) is 4.57. The average Bonchev–Trinajstić information content (AvgIpc) is 3.09. The lowest BCUT2D eigenvalue weighted by Crippen LogP contribution is -2.35. The van der Waals surface area contributed by atoms with Crippen molar-refractivity contribution in [3.05, 3.63) is 59.8 Å². The van der Waals surface area contributed by atoms with E-state index in [9.17, 15) is 13.2 Å². The van der Waals surface area contributed by atoms with Gasteiger partial charge in [0.2, 0.25) is 15.9 Å². The molecule has 8 heteroatoms. The summed E-state index contributed by atoms with van der Waals surface area (Å²) in [7, 11) is -1.60. The second kappa shape index (κ2) is 7.53. The molecule has 1 aliphatic heterocycles. The fraction of sp³-hybridized carbons (Fsp3) is 0.286. The van der Waals surface area contributed by atoms with Crippen molar-refractivity contribution in [2.24, 2.45) is 0 Å². The first-order valence-electron chi connectivity index (χ1n) is 9.34. The summed E-state index contributed by atoms with van der Waals surface area (Å²) in [5, 5.41) is 4.01. The molecular weight excluding hydrogens is 390 g/mol. The summed E-state index contributed by atoms with van der Waals surface area (Å²) < 4.78 is 32.3. The third-order valence-corrected chi connectivity index (χ3v) is 6.52. The maximum Gasteiger partial charge on any atom is 0.244 e. The van der Waals surface area contributed by atoms with Crippen LogP contribution in [0, 0.1) is 0 Å². The van der Waals surface area contributed by atoms with Crippen molar-refractivity contribution in [2.45, 2.75) is 19.5 Å². The number of rotatable bonds is 5. The van der Waals surface area contributed by atoms with Crippen LogP contribution in [0.2, 0.25) is 0 Å². The van der Waals surface area contributed by atoms with E-state index in [0.29, 0.717) is 19.5 Å². The van der Waals surface area contributed by atoms with Crippen molar-refractivity contribution in [1.82, 2.24) is 8.87 Å². The van der Waals surface area contributed by atoms with E-state index in [1.165, 1.54) is 10.6 Å². The van der Waals surface area contributed by atoms with Gasteiger partial charge in [-0.1, -0.05) is 12.1 Å². The smallest absolute Gasteiger partial charge is 0.244 e. The molecule has 0 radical (unpaired) electrons. The summed E-state index contributed by atoms with van der Waals surface area (Å²) in [4.78, 5) is 12.7. The van der Waals surface area contributed by atoms with Crippen LogP contribution >= 0.6 is 0 Å². The molecule has 7 nitrogen and oxygen atoms in total. The minimum Gasteiger partial charge on any atom is -0.497 e. The van der Waals surface area contributed by atoms with Crippen LogP contribution in [0.15, 0.2) is 48.7 Å². The fourth-order valence-electron chi connectivity index (χ4n) is 3.77. The second-order valence-corrected chi connectivity index (χ2v) is 9.19. The average molecular weight is 413 g/mol. The molecular formula is C21H23N3O4S. The number of anilines is 1. The minimum absolute atomic E-state index is 0.128. The Morgan fingerprint density at radius 3 is 2.79 bits per heavy atom. The number of fused-ring (bicyclic) bond motifs is 2. The highest BCUT2D eigenvalue weighted by atomic mass is 32.2. The molecule has 0 spiro atoms. The van der Waals surface area contributed by atoms with Crippen molar-refractivity contribution >= 4 is 32.5 Å². The van der Waals surface area contributed by atoms with E-state index in [2.05, 4.69) is 5.32 Å². The first kappa shape index (κ1) is 19.5. The van der Waals surface area contributed by atoms with Crippen LogP contribution in [0.1, 0.15) is 11.1 Å². The zero-order valence-corrected chi connectivity index (χ0v) is 17.2. The van der Waals surface area contributed by atoms with Gasteiger partial charge in [0.05, 0.1) is 13.4 Å². The van der Waals surface area contributed by atoms with Crippen molar-refractivity contribution in [3.63, 3.8) is 0 Å². The zero-order valence-electron chi connectivity index (χ0n) is 16.4. The van der Waals surface area contributed by atoms with E-state index < -0.39 is 10.0 Å². The number of amides is 1. The van der Waals surface area contributed by atoms with Crippen LogP contribution in [0.4, 0.5) is 5.69 Å². The van der Waals surface area contributed by atoms with Gasteiger partial charge in [0.25, 0.3) is 0 Å². The Morgan fingerprint density at radius 1 is 1.21 bits per heavy atom. The predicted octanol–water partition coefficient (Wildman–Crippen LogP) is 2.61. The molecule has 0 atom stereocenters. The van der Waals surface area contributed by atoms with Crippen molar-refractivity contribution in [1.29, 1.82) is 0 Å². The van der Waals surface area contributed by atoms with Gasteiger partial charge in [-0.3, -0.25) is 4.79 Å². The Morgan fingerprint density at radius 2 is 2.03 bits per heavy atom. The molecule has 3 aromatic rings. The normalized spacial score (nSPS) is 14.6. The highest BCUT2D eigenvalue weighted by Crippen LogP contribution is 2.27. The van der Waals surface area contributed by atoms with Crippen LogP contribution in [0.5, 0.6) is 5.75 Å². The highest BCUT2D eigenvalue weighted by Gasteiger charge is 2.25. The zero-order chi connectivity index (χ0) is 20.6. The summed E-state index contributed by atoms with van der Waals surface area (Å²) >= 11 is 0. The van der Waals surface area contributed by atoms with E-state index in [4.69, 9.17) is 4.74 Å².